The summed E-state index contributed by atoms with van der Waals surface area (Å²) in [6, 6.07) is 2.29. The molecule has 0 aliphatic heterocycles. The molecule has 0 atom stereocenters. The highest BCUT2D eigenvalue weighted by molar-refractivity contribution is 6.32. The summed E-state index contributed by atoms with van der Waals surface area (Å²) in [7, 11) is 0. The van der Waals surface area contributed by atoms with Gasteiger partial charge in [0.2, 0.25) is 0 Å². The first-order valence-corrected chi connectivity index (χ1v) is 4.66. The monoisotopic (exact) mass is 265 g/mol. The van der Waals surface area contributed by atoms with Gasteiger partial charge in [-0.1, -0.05) is 11.6 Å². The molecule has 0 aliphatic carbocycles. The molecule has 0 fully saturated rings. The van der Waals surface area contributed by atoms with Crippen molar-refractivity contribution in [2.45, 2.75) is 12.3 Å². The van der Waals surface area contributed by atoms with Crippen molar-refractivity contribution in [2.24, 2.45) is 0 Å². The molecule has 0 saturated heterocycles. The SMILES string of the molecule is O=C(O)CC(F)(F)c1ccc([N+](=O)[O-])c(Cl)c1. The summed E-state index contributed by atoms with van der Waals surface area (Å²) >= 11 is 5.44. The van der Waals surface area contributed by atoms with Gasteiger partial charge in [-0.05, 0) is 12.1 Å². The van der Waals surface area contributed by atoms with E-state index >= 15 is 0 Å². The number of aliphatic carboxylic acids is 1. The lowest BCUT2D eigenvalue weighted by molar-refractivity contribution is -0.384. The fourth-order valence-electron chi connectivity index (χ4n) is 1.17. The molecule has 0 aliphatic rings. The van der Waals surface area contributed by atoms with Crippen molar-refractivity contribution in [2.75, 3.05) is 0 Å². The van der Waals surface area contributed by atoms with Crippen LogP contribution in [0.4, 0.5) is 14.5 Å². The van der Waals surface area contributed by atoms with Crippen molar-refractivity contribution in [3.63, 3.8) is 0 Å². The van der Waals surface area contributed by atoms with Crippen LogP contribution in [0.2, 0.25) is 5.02 Å². The third-order valence-corrected chi connectivity index (χ3v) is 2.24. The largest absolute Gasteiger partial charge is 0.481 e. The van der Waals surface area contributed by atoms with Crippen molar-refractivity contribution in [3.8, 4) is 0 Å². The Kier molecular flexibility index (Phi) is 3.62. The number of nitro groups is 1. The summed E-state index contributed by atoms with van der Waals surface area (Å²) in [5.41, 5.74) is -1.18. The fourth-order valence-corrected chi connectivity index (χ4v) is 1.42. The van der Waals surface area contributed by atoms with Crippen LogP contribution in [0.3, 0.4) is 0 Å². The van der Waals surface area contributed by atoms with Crippen LogP contribution in [0.5, 0.6) is 0 Å². The lowest BCUT2D eigenvalue weighted by Crippen LogP contribution is -2.18. The first-order chi connectivity index (χ1) is 7.74. The van der Waals surface area contributed by atoms with Crippen LogP contribution in [-0.2, 0) is 10.7 Å². The molecule has 0 heterocycles. The van der Waals surface area contributed by atoms with E-state index in [1.807, 2.05) is 0 Å². The number of nitro benzene ring substituents is 1. The smallest absolute Gasteiger partial charge is 0.309 e. The van der Waals surface area contributed by atoms with Gasteiger partial charge in [0.1, 0.15) is 11.4 Å². The zero-order chi connectivity index (χ0) is 13.2. The number of alkyl halides is 2. The van der Waals surface area contributed by atoms with Gasteiger partial charge in [0, 0.05) is 11.6 Å². The van der Waals surface area contributed by atoms with Crippen molar-refractivity contribution >= 4 is 23.3 Å². The molecule has 92 valence electrons. The number of carbonyl (C=O) groups is 1. The van der Waals surface area contributed by atoms with Crippen LogP contribution >= 0.6 is 11.6 Å². The molecule has 8 heteroatoms. The standard InChI is InChI=1S/C9H6ClF2NO4/c10-6-3-5(1-2-7(6)13(16)17)9(11,12)4-8(14)15/h1-3H,4H2,(H,14,15). The highest BCUT2D eigenvalue weighted by atomic mass is 35.5. The van der Waals surface area contributed by atoms with Crippen LogP contribution in [-0.4, -0.2) is 16.0 Å². The number of halogens is 3. The predicted molar refractivity (Wildman–Crippen MR) is 54.3 cm³/mol. The Morgan fingerprint density at radius 2 is 2.12 bits per heavy atom. The summed E-state index contributed by atoms with van der Waals surface area (Å²) in [4.78, 5) is 19.8. The minimum atomic E-state index is -3.62. The maximum absolute atomic E-state index is 13.3. The fraction of sp³-hybridized carbons (Fsp3) is 0.222. The normalized spacial score (nSPS) is 11.2. The Hall–Kier alpha value is -1.76. The van der Waals surface area contributed by atoms with Gasteiger partial charge in [-0.2, -0.15) is 0 Å². The average molecular weight is 266 g/mol. The second kappa shape index (κ2) is 4.62. The molecule has 0 unspecified atom stereocenters. The average Bonchev–Trinajstić information content (AvgIpc) is 2.14. The molecule has 0 spiro atoms. The summed E-state index contributed by atoms with van der Waals surface area (Å²) in [6.45, 7) is 0. The minimum absolute atomic E-state index is 0.461. The molecule has 1 rings (SSSR count). The lowest BCUT2D eigenvalue weighted by atomic mass is 10.1. The molecule has 5 nitrogen and oxygen atoms in total. The number of carboxylic acid groups (broad SMARTS) is 1. The minimum Gasteiger partial charge on any atom is -0.481 e. The Morgan fingerprint density at radius 3 is 2.53 bits per heavy atom. The Labute approximate surface area is 98.8 Å². The molecule has 1 aromatic carbocycles. The first kappa shape index (κ1) is 13.3. The molecular weight excluding hydrogens is 260 g/mol. The van der Waals surface area contributed by atoms with Gasteiger partial charge >= 0.3 is 5.97 Å². The number of hydrogen-bond acceptors (Lipinski definition) is 3. The predicted octanol–water partition coefficient (Wildman–Crippen LogP) is 2.81. The molecule has 1 aromatic rings. The number of hydrogen-bond donors (Lipinski definition) is 1. The van der Waals surface area contributed by atoms with Crippen LogP contribution in [0.1, 0.15) is 12.0 Å². The molecule has 0 aromatic heterocycles. The quantitative estimate of drug-likeness (QED) is 0.670. The summed E-state index contributed by atoms with van der Waals surface area (Å²) in [6.07, 6.45) is -1.40. The molecule has 0 saturated carbocycles. The molecule has 1 N–H and O–H groups in total. The summed E-state index contributed by atoms with van der Waals surface area (Å²) in [5, 5.41) is 18.2. The van der Waals surface area contributed by atoms with Gasteiger partial charge < -0.3 is 5.11 Å². The maximum atomic E-state index is 13.3. The zero-order valence-electron chi connectivity index (χ0n) is 8.19. The van der Waals surface area contributed by atoms with E-state index in [1.165, 1.54) is 0 Å². The van der Waals surface area contributed by atoms with E-state index in [2.05, 4.69) is 0 Å². The molecule has 17 heavy (non-hydrogen) atoms. The van der Waals surface area contributed by atoms with Crippen LogP contribution < -0.4 is 0 Å². The molecular formula is C9H6ClF2NO4. The Balaban J connectivity index is 3.13. The highest BCUT2D eigenvalue weighted by Crippen LogP contribution is 2.35. The molecule has 0 amide bonds. The van der Waals surface area contributed by atoms with E-state index in [0.29, 0.717) is 6.07 Å². The van der Waals surface area contributed by atoms with Crippen LogP contribution in [0, 0.1) is 10.1 Å². The van der Waals surface area contributed by atoms with Crippen molar-refractivity contribution in [3.05, 3.63) is 38.9 Å². The van der Waals surface area contributed by atoms with Gasteiger partial charge in [-0.3, -0.25) is 14.9 Å². The van der Waals surface area contributed by atoms with Crippen molar-refractivity contribution < 1.29 is 23.6 Å². The van der Waals surface area contributed by atoms with Gasteiger partial charge in [-0.25, -0.2) is 8.78 Å². The second-order valence-corrected chi connectivity index (χ2v) is 3.61. The number of rotatable bonds is 4. The van der Waals surface area contributed by atoms with E-state index in [-0.39, 0.29) is 0 Å². The van der Waals surface area contributed by atoms with Gasteiger partial charge in [0.05, 0.1) is 4.92 Å². The van der Waals surface area contributed by atoms with Gasteiger partial charge in [0.25, 0.3) is 11.6 Å². The van der Waals surface area contributed by atoms with Crippen LogP contribution in [0.15, 0.2) is 18.2 Å². The summed E-state index contributed by atoms with van der Waals surface area (Å²) in [5.74, 6) is -5.30. The van der Waals surface area contributed by atoms with Crippen molar-refractivity contribution in [1.29, 1.82) is 0 Å². The van der Waals surface area contributed by atoms with E-state index in [1.54, 1.807) is 0 Å². The first-order valence-electron chi connectivity index (χ1n) is 4.28. The molecule has 0 bridgehead atoms. The van der Waals surface area contributed by atoms with E-state index in [9.17, 15) is 23.7 Å². The number of carboxylic acids is 1. The Bertz CT molecular complexity index is 478. The second-order valence-electron chi connectivity index (χ2n) is 3.20. The number of nitrogens with zero attached hydrogens (tertiary/aromatic N) is 1. The van der Waals surface area contributed by atoms with Gasteiger partial charge in [-0.15, -0.1) is 0 Å². The third kappa shape index (κ3) is 3.10. The van der Waals surface area contributed by atoms with Crippen molar-refractivity contribution in [1.82, 2.24) is 0 Å². The lowest BCUT2D eigenvalue weighted by Gasteiger charge is -2.14. The van der Waals surface area contributed by atoms with E-state index in [4.69, 9.17) is 16.7 Å². The highest BCUT2D eigenvalue weighted by Gasteiger charge is 2.35. The topological polar surface area (TPSA) is 80.4 Å². The zero-order valence-corrected chi connectivity index (χ0v) is 8.95. The van der Waals surface area contributed by atoms with E-state index in [0.717, 1.165) is 12.1 Å². The summed E-state index contributed by atoms with van der Waals surface area (Å²) < 4.78 is 26.6. The molecule has 0 radical (unpaired) electrons. The maximum Gasteiger partial charge on any atom is 0.309 e. The third-order valence-electron chi connectivity index (χ3n) is 1.94. The van der Waals surface area contributed by atoms with Gasteiger partial charge in [0.15, 0.2) is 0 Å². The Morgan fingerprint density at radius 1 is 1.53 bits per heavy atom. The number of benzene rings is 1. The van der Waals surface area contributed by atoms with E-state index < -0.39 is 39.5 Å². The van der Waals surface area contributed by atoms with Crippen LogP contribution in [0.25, 0.3) is 0 Å².